The van der Waals surface area contributed by atoms with Gasteiger partial charge in [0.25, 0.3) is 0 Å². The van der Waals surface area contributed by atoms with Gasteiger partial charge in [0.1, 0.15) is 0 Å². The van der Waals surface area contributed by atoms with Gasteiger partial charge < -0.3 is 5.11 Å². The molecule has 0 bridgehead atoms. The molecule has 0 spiro atoms. The van der Waals surface area contributed by atoms with Gasteiger partial charge in [-0.05, 0) is 49.2 Å². The summed E-state index contributed by atoms with van der Waals surface area (Å²) in [4.78, 5) is 0. The van der Waals surface area contributed by atoms with Gasteiger partial charge in [-0.25, -0.2) is 0 Å². The maximum absolute atomic E-state index is 10.4. The zero-order valence-corrected chi connectivity index (χ0v) is 10.8. The van der Waals surface area contributed by atoms with E-state index < -0.39 is 0 Å². The number of aliphatic hydroxyl groups is 1. The van der Waals surface area contributed by atoms with Crippen molar-refractivity contribution in [2.75, 3.05) is 5.75 Å². The quantitative estimate of drug-likeness (QED) is 0.782. The van der Waals surface area contributed by atoms with E-state index in [0.29, 0.717) is 11.2 Å². The second kappa shape index (κ2) is 5.09. The van der Waals surface area contributed by atoms with Crippen LogP contribution in [0.25, 0.3) is 0 Å². The van der Waals surface area contributed by atoms with Gasteiger partial charge in [-0.3, -0.25) is 0 Å². The fourth-order valence-corrected chi connectivity index (χ4v) is 4.46. The van der Waals surface area contributed by atoms with Crippen LogP contribution < -0.4 is 0 Å². The third-order valence-electron chi connectivity index (χ3n) is 4.47. The van der Waals surface area contributed by atoms with E-state index in [1.807, 2.05) is 11.8 Å². The maximum Gasteiger partial charge on any atom is 0.0686 e. The van der Waals surface area contributed by atoms with Gasteiger partial charge in [0.15, 0.2) is 0 Å². The summed E-state index contributed by atoms with van der Waals surface area (Å²) in [7, 11) is 0. The van der Waals surface area contributed by atoms with Crippen LogP contribution in [0.5, 0.6) is 0 Å². The van der Waals surface area contributed by atoms with Crippen molar-refractivity contribution in [2.24, 2.45) is 17.8 Å². The predicted molar refractivity (Wildman–Crippen MR) is 67.2 cm³/mol. The van der Waals surface area contributed by atoms with Crippen molar-refractivity contribution in [3.8, 4) is 0 Å². The molecule has 2 rings (SSSR count). The number of hydrogen-bond acceptors (Lipinski definition) is 2. The lowest BCUT2D eigenvalue weighted by Crippen LogP contribution is -2.35. The topological polar surface area (TPSA) is 20.2 Å². The molecule has 0 radical (unpaired) electrons. The van der Waals surface area contributed by atoms with Crippen LogP contribution in [0.1, 0.15) is 46.0 Å². The minimum atomic E-state index is -0.0209. The second-order valence-corrected chi connectivity index (χ2v) is 6.92. The summed E-state index contributed by atoms with van der Waals surface area (Å²) in [5, 5.41) is 10.9. The highest BCUT2D eigenvalue weighted by Gasteiger charge is 2.34. The van der Waals surface area contributed by atoms with Crippen LogP contribution in [0.3, 0.4) is 0 Å². The first-order valence-corrected chi connectivity index (χ1v) is 7.53. The summed E-state index contributed by atoms with van der Waals surface area (Å²) >= 11 is 2.00. The minimum absolute atomic E-state index is 0.0209. The third-order valence-corrected chi connectivity index (χ3v) is 5.93. The van der Waals surface area contributed by atoms with E-state index in [1.165, 1.54) is 37.9 Å². The molecule has 1 saturated heterocycles. The van der Waals surface area contributed by atoms with Crippen LogP contribution in [0.4, 0.5) is 0 Å². The minimum Gasteiger partial charge on any atom is -0.392 e. The molecule has 2 fully saturated rings. The van der Waals surface area contributed by atoms with Gasteiger partial charge in [0.2, 0.25) is 0 Å². The molecule has 5 unspecified atom stereocenters. The zero-order valence-electron chi connectivity index (χ0n) is 9.98. The van der Waals surface area contributed by atoms with E-state index in [2.05, 4.69) is 13.8 Å². The van der Waals surface area contributed by atoms with Crippen LogP contribution in [0.2, 0.25) is 0 Å². The van der Waals surface area contributed by atoms with Crippen molar-refractivity contribution < 1.29 is 5.11 Å². The van der Waals surface area contributed by atoms with E-state index in [4.69, 9.17) is 0 Å². The number of aliphatic hydroxyl groups excluding tert-OH is 1. The lowest BCUT2D eigenvalue weighted by atomic mass is 9.73. The SMILES string of the molecule is CC1CCC(C(O)C2CCCS2)CC1C. The molecule has 1 N–H and O–H groups in total. The van der Waals surface area contributed by atoms with E-state index in [-0.39, 0.29) is 6.10 Å². The Morgan fingerprint density at radius 2 is 1.93 bits per heavy atom. The molecular weight excluding hydrogens is 204 g/mol. The Balaban J connectivity index is 1.87. The van der Waals surface area contributed by atoms with Gasteiger partial charge in [-0.2, -0.15) is 11.8 Å². The van der Waals surface area contributed by atoms with Gasteiger partial charge >= 0.3 is 0 Å². The first-order chi connectivity index (χ1) is 7.18. The summed E-state index contributed by atoms with van der Waals surface area (Å²) < 4.78 is 0. The van der Waals surface area contributed by atoms with Crippen molar-refractivity contribution in [3.05, 3.63) is 0 Å². The molecule has 88 valence electrons. The fraction of sp³-hybridized carbons (Fsp3) is 1.00. The molecule has 1 aliphatic carbocycles. The molecule has 0 amide bonds. The average Bonchev–Trinajstić information content (AvgIpc) is 2.74. The Hall–Kier alpha value is 0.310. The van der Waals surface area contributed by atoms with Crippen LogP contribution in [0.15, 0.2) is 0 Å². The molecule has 15 heavy (non-hydrogen) atoms. The van der Waals surface area contributed by atoms with E-state index >= 15 is 0 Å². The molecule has 2 heteroatoms. The van der Waals surface area contributed by atoms with Gasteiger partial charge in [-0.1, -0.05) is 20.3 Å². The summed E-state index contributed by atoms with van der Waals surface area (Å²) in [5.41, 5.74) is 0. The molecular formula is C13H24OS. The fourth-order valence-electron chi connectivity index (χ4n) is 3.07. The average molecular weight is 228 g/mol. The summed E-state index contributed by atoms with van der Waals surface area (Å²) in [6, 6.07) is 0. The van der Waals surface area contributed by atoms with Gasteiger partial charge in [0.05, 0.1) is 6.10 Å². The van der Waals surface area contributed by atoms with E-state index in [9.17, 15) is 5.11 Å². The molecule has 1 saturated carbocycles. The first kappa shape index (κ1) is 11.8. The molecule has 0 aromatic heterocycles. The lowest BCUT2D eigenvalue weighted by molar-refractivity contribution is 0.0547. The Morgan fingerprint density at radius 1 is 1.13 bits per heavy atom. The second-order valence-electron chi connectivity index (χ2n) is 5.57. The maximum atomic E-state index is 10.4. The van der Waals surface area contributed by atoms with Crippen LogP contribution in [-0.4, -0.2) is 22.2 Å². The molecule has 1 nitrogen and oxygen atoms in total. The first-order valence-electron chi connectivity index (χ1n) is 6.48. The van der Waals surface area contributed by atoms with Crippen molar-refractivity contribution in [1.29, 1.82) is 0 Å². The smallest absolute Gasteiger partial charge is 0.0686 e. The van der Waals surface area contributed by atoms with Crippen molar-refractivity contribution in [3.63, 3.8) is 0 Å². The Morgan fingerprint density at radius 3 is 2.53 bits per heavy atom. The van der Waals surface area contributed by atoms with Gasteiger partial charge in [0, 0.05) is 5.25 Å². The molecule has 5 atom stereocenters. The number of rotatable bonds is 2. The normalized spacial score (nSPS) is 44.2. The highest BCUT2D eigenvalue weighted by atomic mass is 32.2. The molecule has 1 heterocycles. The number of thioether (sulfide) groups is 1. The monoisotopic (exact) mass is 228 g/mol. The van der Waals surface area contributed by atoms with E-state index in [0.717, 1.165) is 11.8 Å². The molecule has 0 aromatic rings. The van der Waals surface area contributed by atoms with E-state index in [1.54, 1.807) is 0 Å². The number of hydrogen-bond donors (Lipinski definition) is 1. The van der Waals surface area contributed by atoms with Crippen molar-refractivity contribution in [1.82, 2.24) is 0 Å². The molecule has 2 aliphatic rings. The predicted octanol–water partition coefficient (Wildman–Crippen LogP) is 3.32. The third kappa shape index (κ3) is 2.71. The van der Waals surface area contributed by atoms with Crippen LogP contribution >= 0.6 is 11.8 Å². The van der Waals surface area contributed by atoms with Crippen LogP contribution in [-0.2, 0) is 0 Å². The summed E-state index contributed by atoms with van der Waals surface area (Å²) in [5.74, 6) is 3.53. The highest BCUT2D eigenvalue weighted by Crippen LogP contribution is 2.40. The van der Waals surface area contributed by atoms with Gasteiger partial charge in [-0.15, -0.1) is 0 Å². The lowest BCUT2D eigenvalue weighted by Gasteiger charge is -2.36. The largest absolute Gasteiger partial charge is 0.392 e. The van der Waals surface area contributed by atoms with Crippen molar-refractivity contribution >= 4 is 11.8 Å². The Kier molecular flexibility index (Phi) is 4.00. The summed E-state index contributed by atoms with van der Waals surface area (Å²) in [6.45, 7) is 4.71. The zero-order chi connectivity index (χ0) is 10.8. The molecule has 0 aromatic carbocycles. The van der Waals surface area contributed by atoms with Crippen LogP contribution in [0, 0.1) is 17.8 Å². The highest BCUT2D eigenvalue weighted by molar-refractivity contribution is 8.00. The van der Waals surface area contributed by atoms with Crippen molar-refractivity contribution in [2.45, 2.75) is 57.3 Å². The Labute approximate surface area is 98.0 Å². The Bertz CT molecular complexity index is 201. The standard InChI is InChI=1S/C13H24OS/c1-9-5-6-11(8-10(9)2)13(14)12-4-3-7-15-12/h9-14H,3-8H2,1-2H3. The molecule has 1 aliphatic heterocycles. The summed E-state index contributed by atoms with van der Waals surface area (Å²) in [6.07, 6.45) is 6.35.